The summed E-state index contributed by atoms with van der Waals surface area (Å²) in [5.41, 5.74) is 0.000500. The van der Waals surface area contributed by atoms with Crippen molar-refractivity contribution in [3.05, 3.63) is 0 Å². The smallest absolute Gasteiger partial charge is 0.0686 e. The van der Waals surface area contributed by atoms with Gasteiger partial charge in [0, 0.05) is 0 Å². The van der Waals surface area contributed by atoms with Crippen molar-refractivity contribution in [1.29, 1.82) is 5.26 Å². The molecule has 108 valence electrons. The molecule has 0 aromatic rings. The summed E-state index contributed by atoms with van der Waals surface area (Å²) in [7, 11) is 0. The Morgan fingerprint density at radius 3 is 2.21 bits per heavy atom. The molecule has 3 rings (SSSR count). The molecule has 0 saturated heterocycles. The lowest BCUT2D eigenvalue weighted by Gasteiger charge is -2.50. The fourth-order valence-electron chi connectivity index (χ4n) is 5.05. The zero-order valence-corrected chi connectivity index (χ0v) is 13.1. The summed E-state index contributed by atoms with van der Waals surface area (Å²) in [6.45, 7) is 6.20. The van der Waals surface area contributed by atoms with Crippen LogP contribution < -0.4 is 0 Å². The Morgan fingerprint density at radius 2 is 1.53 bits per heavy atom. The van der Waals surface area contributed by atoms with Gasteiger partial charge in [0.2, 0.25) is 0 Å². The summed E-state index contributed by atoms with van der Waals surface area (Å²) in [5.74, 6) is 3.87. The van der Waals surface area contributed by atoms with Crippen molar-refractivity contribution in [1.82, 2.24) is 0 Å². The third-order valence-electron chi connectivity index (χ3n) is 6.05. The molecule has 1 heteroatoms. The molecule has 5 atom stereocenters. The van der Waals surface area contributed by atoms with Crippen LogP contribution in [-0.4, -0.2) is 0 Å². The monoisotopic (exact) mass is 261 g/mol. The molecular formula is C18H31N. The summed E-state index contributed by atoms with van der Waals surface area (Å²) in [6, 6.07) is 2.61. The number of hydrogen-bond acceptors (Lipinski definition) is 1. The lowest BCUT2D eigenvalue weighted by molar-refractivity contribution is -0.00164. The molecule has 0 aromatic heterocycles. The highest BCUT2D eigenvalue weighted by molar-refractivity contribution is 5.04. The minimum Gasteiger partial charge on any atom is -0.198 e. The third kappa shape index (κ3) is 2.99. The van der Waals surface area contributed by atoms with Crippen LogP contribution in [0.1, 0.15) is 78.6 Å². The predicted molar refractivity (Wildman–Crippen MR) is 80.6 cm³/mol. The van der Waals surface area contributed by atoms with Crippen molar-refractivity contribution in [3.8, 4) is 6.07 Å². The highest BCUT2D eigenvalue weighted by Gasteiger charge is 2.46. The SMILES string of the molecule is CC.CC1(C#N)CCC2CCC3CCCCC3C2C1. The number of rotatable bonds is 0. The van der Waals surface area contributed by atoms with Crippen molar-refractivity contribution in [3.63, 3.8) is 0 Å². The van der Waals surface area contributed by atoms with E-state index in [1.807, 2.05) is 13.8 Å². The van der Waals surface area contributed by atoms with E-state index in [-0.39, 0.29) is 5.41 Å². The van der Waals surface area contributed by atoms with Crippen LogP contribution in [0.2, 0.25) is 0 Å². The topological polar surface area (TPSA) is 23.8 Å². The van der Waals surface area contributed by atoms with E-state index >= 15 is 0 Å². The second kappa shape index (κ2) is 6.29. The quantitative estimate of drug-likeness (QED) is 0.560. The number of fused-ring (bicyclic) bond motifs is 3. The Balaban J connectivity index is 0.000000637. The Kier molecular flexibility index (Phi) is 4.93. The third-order valence-corrected chi connectivity index (χ3v) is 6.05. The van der Waals surface area contributed by atoms with E-state index in [1.165, 1.54) is 51.4 Å². The molecular weight excluding hydrogens is 230 g/mol. The highest BCUT2D eigenvalue weighted by Crippen LogP contribution is 2.55. The van der Waals surface area contributed by atoms with E-state index in [2.05, 4.69) is 13.0 Å². The highest BCUT2D eigenvalue weighted by atomic mass is 14.5. The van der Waals surface area contributed by atoms with E-state index in [9.17, 15) is 5.26 Å². The lowest BCUT2D eigenvalue weighted by atomic mass is 9.54. The lowest BCUT2D eigenvalue weighted by Crippen LogP contribution is -2.42. The van der Waals surface area contributed by atoms with Crippen molar-refractivity contribution >= 4 is 0 Å². The van der Waals surface area contributed by atoms with Crippen molar-refractivity contribution < 1.29 is 0 Å². The van der Waals surface area contributed by atoms with Gasteiger partial charge >= 0.3 is 0 Å². The van der Waals surface area contributed by atoms with Crippen LogP contribution in [0.4, 0.5) is 0 Å². The van der Waals surface area contributed by atoms with Gasteiger partial charge in [-0.3, -0.25) is 0 Å². The van der Waals surface area contributed by atoms with Crippen LogP contribution >= 0.6 is 0 Å². The van der Waals surface area contributed by atoms with E-state index in [0.29, 0.717) is 0 Å². The molecule has 3 fully saturated rings. The van der Waals surface area contributed by atoms with Crippen molar-refractivity contribution in [2.75, 3.05) is 0 Å². The number of hydrogen-bond donors (Lipinski definition) is 0. The van der Waals surface area contributed by atoms with Gasteiger partial charge in [-0.15, -0.1) is 0 Å². The van der Waals surface area contributed by atoms with E-state index in [0.717, 1.165) is 30.1 Å². The first-order valence-corrected chi connectivity index (χ1v) is 8.63. The normalized spacial score (nSPS) is 44.9. The van der Waals surface area contributed by atoms with Gasteiger partial charge in [-0.05, 0) is 69.1 Å². The van der Waals surface area contributed by atoms with E-state index < -0.39 is 0 Å². The van der Waals surface area contributed by atoms with Crippen LogP contribution in [0.3, 0.4) is 0 Å². The van der Waals surface area contributed by atoms with Gasteiger partial charge in [0.25, 0.3) is 0 Å². The molecule has 0 radical (unpaired) electrons. The second-order valence-electron chi connectivity index (χ2n) is 7.12. The first kappa shape index (κ1) is 14.9. The Hall–Kier alpha value is -0.510. The number of nitrogens with zero attached hydrogens (tertiary/aromatic N) is 1. The Morgan fingerprint density at radius 1 is 0.895 bits per heavy atom. The summed E-state index contributed by atoms with van der Waals surface area (Å²) < 4.78 is 0. The van der Waals surface area contributed by atoms with Gasteiger partial charge in [-0.25, -0.2) is 0 Å². The Bertz CT molecular complexity index is 329. The van der Waals surface area contributed by atoms with Crippen LogP contribution in [0.5, 0.6) is 0 Å². The predicted octanol–water partition coefficient (Wildman–Crippen LogP) is 5.56. The Labute approximate surface area is 119 Å². The van der Waals surface area contributed by atoms with Gasteiger partial charge in [0.15, 0.2) is 0 Å². The number of nitriles is 1. The molecule has 5 unspecified atom stereocenters. The van der Waals surface area contributed by atoms with Crippen LogP contribution in [0.25, 0.3) is 0 Å². The van der Waals surface area contributed by atoms with Gasteiger partial charge in [-0.2, -0.15) is 5.26 Å². The largest absolute Gasteiger partial charge is 0.198 e. The molecule has 19 heavy (non-hydrogen) atoms. The average Bonchev–Trinajstić information content (AvgIpc) is 2.49. The minimum atomic E-state index is 0.000500. The molecule has 1 nitrogen and oxygen atoms in total. The van der Waals surface area contributed by atoms with E-state index in [4.69, 9.17) is 0 Å². The minimum absolute atomic E-state index is 0.000500. The molecule has 0 N–H and O–H groups in total. The molecule has 0 amide bonds. The molecule has 0 aliphatic heterocycles. The molecule has 3 saturated carbocycles. The van der Waals surface area contributed by atoms with Gasteiger partial charge < -0.3 is 0 Å². The average molecular weight is 261 g/mol. The summed E-state index contributed by atoms with van der Waals surface area (Å²) in [4.78, 5) is 0. The second-order valence-corrected chi connectivity index (χ2v) is 7.12. The van der Waals surface area contributed by atoms with Crippen molar-refractivity contribution in [2.24, 2.45) is 29.1 Å². The van der Waals surface area contributed by atoms with E-state index in [1.54, 1.807) is 0 Å². The van der Waals surface area contributed by atoms with Crippen LogP contribution in [-0.2, 0) is 0 Å². The maximum absolute atomic E-state index is 9.39. The molecule has 0 bridgehead atoms. The summed E-state index contributed by atoms with van der Waals surface area (Å²) in [5, 5.41) is 9.39. The molecule has 3 aliphatic carbocycles. The van der Waals surface area contributed by atoms with Crippen LogP contribution in [0, 0.1) is 40.4 Å². The first-order chi connectivity index (χ1) is 9.22. The van der Waals surface area contributed by atoms with Gasteiger partial charge in [0.05, 0.1) is 11.5 Å². The van der Waals surface area contributed by atoms with Gasteiger partial charge in [0.1, 0.15) is 0 Å². The van der Waals surface area contributed by atoms with Crippen molar-refractivity contribution in [2.45, 2.75) is 78.6 Å². The standard InChI is InChI=1S/C16H25N.C2H6/c1-16(11-17)9-8-13-7-6-12-4-2-3-5-14(12)15(13)10-16;1-2/h12-15H,2-10H2,1H3;1-2H3. The maximum atomic E-state index is 9.39. The zero-order valence-electron chi connectivity index (χ0n) is 13.1. The first-order valence-electron chi connectivity index (χ1n) is 8.63. The zero-order chi connectivity index (χ0) is 13.9. The molecule has 0 heterocycles. The summed E-state index contributed by atoms with van der Waals surface area (Å²) in [6.07, 6.45) is 12.5. The fourth-order valence-corrected chi connectivity index (χ4v) is 5.05. The summed E-state index contributed by atoms with van der Waals surface area (Å²) >= 11 is 0. The maximum Gasteiger partial charge on any atom is 0.0686 e. The fraction of sp³-hybridized carbons (Fsp3) is 0.944. The molecule has 0 spiro atoms. The molecule has 3 aliphatic rings. The van der Waals surface area contributed by atoms with Gasteiger partial charge in [-0.1, -0.05) is 33.1 Å². The molecule has 0 aromatic carbocycles. The van der Waals surface area contributed by atoms with Crippen LogP contribution in [0.15, 0.2) is 0 Å².